The van der Waals surface area contributed by atoms with Crippen molar-refractivity contribution in [3.63, 3.8) is 0 Å². The first-order valence-electron chi connectivity index (χ1n) is 11.3. The number of aryl methyl sites for hydroxylation is 2. The molecule has 0 saturated carbocycles. The van der Waals surface area contributed by atoms with E-state index in [9.17, 15) is 13.6 Å². The molecule has 1 aromatic carbocycles. The van der Waals surface area contributed by atoms with Gasteiger partial charge < -0.3 is 14.8 Å². The number of hydrogen-bond acceptors (Lipinski definition) is 7. The van der Waals surface area contributed by atoms with Gasteiger partial charge in [-0.05, 0) is 30.7 Å². The molecule has 0 saturated heterocycles. The molecule has 0 unspecified atom stereocenters. The molecule has 0 aliphatic heterocycles. The average molecular weight is 508 g/mol. The zero-order valence-electron chi connectivity index (χ0n) is 19.9. The van der Waals surface area contributed by atoms with Crippen LogP contribution in [-0.2, 0) is 13.6 Å². The van der Waals surface area contributed by atoms with E-state index in [0.717, 1.165) is 13.0 Å². The molecule has 0 aliphatic carbocycles. The second-order valence-corrected chi connectivity index (χ2v) is 8.04. The molecule has 5 rings (SSSR count). The minimum atomic E-state index is -3.07. The zero-order valence-corrected chi connectivity index (χ0v) is 19.9. The van der Waals surface area contributed by atoms with Crippen molar-refractivity contribution >= 4 is 17.2 Å². The van der Waals surface area contributed by atoms with E-state index in [2.05, 4.69) is 25.6 Å². The molecule has 37 heavy (non-hydrogen) atoms. The van der Waals surface area contributed by atoms with Crippen LogP contribution in [0, 0.1) is 0 Å². The summed E-state index contributed by atoms with van der Waals surface area (Å²) in [4.78, 5) is 17.3. The Hall–Kier alpha value is -4.81. The van der Waals surface area contributed by atoms with Crippen LogP contribution < -0.4 is 14.8 Å². The van der Waals surface area contributed by atoms with Gasteiger partial charge in [0, 0.05) is 32.2 Å². The molecular formula is C24H22F2N8O3. The lowest BCUT2D eigenvalue weighted by molar-refractivity contribution is -0.0494. The Morgan fingerprint density at radius 3 is 2.84 bits per heavy atom. The number of rotatable bonds is 9. The highest BCUT2D eigenvalue weighted by atomic mass is 19.3. The molecule has 190 valence electrons. The molecular weight excluding hydrogens is 486 g/mol. The summed E-state index contributed by atoms with van der Waals surface area (Å²) >= 11 is 0. The first kappa shape index (κ1) is 23.9. The summed E-state index contributed by atoms with van der Waals surface area (Å²) in [6, 6.07) is 6.08. The van der Waals surface area contributed by atoms with Crippen molar-refractivity contribution in [2.24, 2.45) is 7.05 Å². The van der Waals surface area contributed by atoms with Gasteiger partial charge in [0.05, 0.1) is 29.8 Å². The van der Waals surface area contributed by atoms with Gasteiger partial charge in [0.15, 0.2) is 11.4 Å². The number of hydrogen-bond donors (Lipinski definition) is 1. The van der Waals surface area contributed by atoms with E-state index >= 15 is 0 Å². The van der Waals surface area contributed by atoms with Gasteiger partial charge in [-0.1, -0.05) is 6.92 Å². The van der Waals surface area contributed by atoms with Crippen LogP contribution in [0.3, 0.4) is 0 Å². The summed E-state index contributed by atoms with van der Waals surface area (Å²) in [6.07, 6.45) is 10.4. The second-order valence-electron chi connectivity index (χ2n) is 8.04. The van der Waals surface area contributed by atoms with Gasteiger partial charge in [-0.2, -0.15) is 24.1 Å². The Morgan fingerprint density at radius 2 is 2.03 bits per heavy atom. The first-order valence-corrected chi connectivity index (χ1v) is 11.3. The molecule has 1 amide bonds. The van der Waals surface area contributed by atoms with Crippen molar-refractivity contribution in [2.45, 2.75) is 26.5 Å². The van der Waals surface area contributed by atoms with Gasteiger partial charge in [0.1, 0.15) is 22.8 Å². The number of aromatic nitrogens is 7. The summed E-state index contributed by atoms with van der Waals surface area (Å²) in [6.45, 7) is -0.301. The number of halogens is 2. The van der Waals surface area contributed by atoms with Gasteiger partial charge in [0.2, 0.25) is 0 Å². The Balaban J connectivity index is 1.49. The SMILES string of the molecule is CCCn1cc(Oc2ccc(OC(F)F)c(-c3nn(C)cc3NC(=O)c3cnn4cccnc34)c2)cn1. The predicted molar refractivity (Wildman–Crippen MR) is 129 cm³/mol. The molecule has 0 spiro atoms. The zero-order chi connectivity index (χ0) is 25.9. The minimum absolute atomic E-state index is 0.129. The van der Waals surface area contributed by atoms with Crippen molar-refractivity contribution in [1.29, 1.82) is 0 Å². The van der Waals surface area contributed by atoms with Crippen LogP contribution in [0.25, 0.3) is 16.9 Å². The molecule has 1 N–H and O–H groups in total. The van der Waals surface area contributed by atoms with Crippen LogP contribution in [0.1, 0.15) is 23.7 Å². The van der Waals surface area contributed by atoms with E-state index in [1.165, 1.54) is 33.6 Å². The third-order valence-electron chi connectivity index (χ3n) is 5.32. The fraction of sp³-hybridized carbons (Fsp3) is 0.208. The van der Waals surface area contributed by atoms with E-state index in [4.69, 9.17) is 9.47 Å². The number of nitrogens with zero attached hydrogens (tertiary/aromatic N) is 7. The lowest BCUT2D eigenvalue weighted by Crippen LogP contribution is -2.12. The number of benzene rings is 1. The maximum absolute atomic E-state index is 13.2. The van der Waals surface area contributed by atoms with E-state index in [1.807, 2.05) is 6.92 Å². The average Bonchev–Trinajstić information content (AvgIpc) is 3.58. The molecule has 5 aromatic rings. The third-order valence-corrected chi connectivity index (χ3v) is 5.32. The highest BCUT2D eigenvalue weighted by molar-refractivity contribution is 6.09. The Labute approximate surface area is 209 Å². The monoisotopic (exact) mass is 508 g/mol. The summed E-state index contributed by atoms with van der Waals surface area (Å²) in [5, 5.41) is 15.5. The number of fused-ring (bicyclic) bond motifs is 1. The number of alkyl halides is 2. The molecule has 13 heteroatoms. The standard InChI is InChI=1S/C24H22F2N8O3/c1-3-8-33-13-16(11-28-33)36-15-5-6-20(37-24(25)26)17(10-15)21-19(14-32(2)31-21)30-23(35)18-12-29-34-9-4-7-27-22(18)34/h4-7,9-14,24H,3,8H2,1-2H3,(H,30,35). The van der Waals surface area contributed by atoms with Crippen LogP contribution in [0.4, 0.5) is 14.5 Å². The van der Waals surface area contributed by atoms with E-state index in [-0.39, 0.29) is 28.3 Å². The lowest BCUT2D eigenvalue weighted by Gasteiger charge is -2.13. The smallest absolute Gasteiger partial charge is 0.387 e. The van der Waals surface area contributed by atoms with Gasteiger partial charge in [0.25, 0.3) is 5.91 Å². The normalized spacial score (nSPS) is 11.3. The molecule has 4 heterocycles. The summed E-state index contributed by atoms with van der Waals surface area (Å²) < 4.78 is 41.7. The van der Waals surface area contributed by atoms with Crippen LogP contribution >= 0.6 is 0 Å². The lowest BCUT2D eigenvalue weighted by atomic mass is 10.1. The van der Waals surface area contributed by atoms with Crippen molar-refractivity contribution in [2.75, 3.05) is 5.32 Å². The number of amides is 1. The number of ether oxygens (including phenoxy) is 2. The molecule has 0 bridgehead atoms. The predicted octanol–water partition coefficient (Wildman–Crippen LogP) is 4.38. The molecule has 4 aromatic heterocycles. The van der Waals surface area contributed by atoms with E-state index in [0.29, 0.717) is 17.1 Å². The Morgan fingerprint density at radius 1 is 1.16 bits per heavy atom. The van der Waals surface area contributed by atoms with Crippen LogP contribution in [0.5, 0.6) is 17.2 Å². The Bertz CT molecular complexity index is 1560. The summed E-state index contributed by atoms with van der Waals surface area (Å²) in [7, 11) is 1.64. The Kier molecular flexibility index (Phi) is 6.49. The van der Waals surface area contributed by atoms with Crippen molar-refractivity contribution in [3.05, 3.63) is 67.0 Å². The van der Waals surface area contributed by atoms with E-state index < -0.39 is 12.5 Å². The highest BCUT2D eigenvalue weighted by Gasteiger charge is 2.22. The minimum Gasteiger partial charge on any atom is -0.454 e. The molecule has 0 radical (unpaired) electrons. The van der Waals surface area contributed by atoms with Crippen molar-refractivity contribution in [1.82, 2.24) is 34.2 Å². The summed E-state index contributed by atoms with van der Waals surface area (Å²) in [5.74, 6) is 0.213. The van der Waals surface area contributed by atoms with Gasteiger partial charge in [-0.15, -0.1) is 0 Å². The van der Waals surface area contributed by atoms with Crippen molar-refractivity contribution in [3.8, 4) is 28.5 Å². The quantitative estimate of drug-likeness (QED) is 0.314. The fourth-order valence-corrected chi connectivity index (χ4v) is 3.80. The van der Waals surface area contributed by atoms with Crippen molar-refractivity contribution < 1.29 is 23.0 Å². The van der Waals surface area contributed by atoms with Gasteiger partial charge in [-0.25, -0.2) is 9.50 Å². The first-order chi connectivity index (χ1) is 17.9. The molecule has 0 atom stereocenters. The number of carbonyl (C=O) groups excluding carboxylic acids is 1. The molecule has 11 nitrogen and oxygen atoms in total. The van der Waals surface area contributed by atoms with Crippen LogP contribution in [0.2, 0.25) is 0 Å². The fourth-order valence-electron chi connectivity index (χ4n) is 3.80. The second kappa shape index (κ2) is 10.0. The largest absolute Gasteiger partial charge is 0.454 e. The maximum Gasteiger partial charge on any atom is 0.387 e. The maximum atomic E-state index is 13.2. The van der Waals surface area contributed by atoms with Crippen LogP contribution in [0.15, 0.2) is 61.4 Å². The third kappa shape index (κ3) is 5.10. The topological polar surface area (TPSA) is 113 Å². The van der Waals surface area contributed by atoms with Gasteiger partial charge in [-0.3, -0.25) is 14.2 Å². The number of nitrogens with one attached hydrogen (secondary N) is 1. The van der Waals surface area contributed by atoms with Crippen LogP contribution in [-0.4, -0.2) is 46.7 Å². The highest BCUT2D eigenvalue weighted by Crippen LogP contribution is 2.38. The van der Waals surface area contributed by atoms with E-state index in [1.54, 1.807) is 48.8 Å². The van der Waals surface area contributed by atoms with Gasteiger partial charge >= 0.3 is 6.61 Å². The molecule has 0 aliphatic rings. The molecule has 0 fully saturated rings. The number of anilines is 1. The summed E-state index contributed by atoms with van der Waals surface area (Å²) in [5.41, 5.74) is 1.29. The number of carbonyl (C=O) groups is 1.